The van der Waals surface area contributed by atoms with Gasteiger partial charge in [0.1, 0.15) is 5.75 Å². The maximum absolute atomic E-state index is 5.19. The van der Waals surface area contributed by atoms with E-state index >= 15 is 0 Å². The molecule has 1 saturated heterocycles. The average molecular weight is 244 g/mol. The lowest BCUT2D eigenvalue weighted by atomic mass is 10.1. The van der Waals surface area contributed by atoms with Crippen molar-refractivity contribution in [3.05, 3.63) is 29.8 Å². The van der Waals surface area contributed by atoms with Crippen molar-refractivity contribution in [1.29, 1.82) is 0 Å². The molecular weight excluding hydrogens is 224 g/mol. The summed E-state index contributed by atoms with van der Waals surface area (Å²) in [5, 5.41) is 3.34. The maximum Gasteiger partial charge on any atom is 0.119 e. The highest BCUT2D eigenvalue weighted by atomic mass is 16.5. The summed E-state index contributed by atoms with van der Waals surface area (Å²) in [4.78, 5) is 2.38. The smallest absolute Gasteiger partial charge is 0.119 e. The van der Waals surface area contributed by atoms with E-state index in [2.05, 4.69) is 28.1 Å². The predicted molar refractivity (Wildman–Crippen MR) is 73.8 cm³/mol. The molecule has 1 aliphatic heterocycles. The molecular formula is C15H20N2O. The van der Waals surface area contributed by atoms with Gasteiger partial charge < -0.3 is 10.1 Å². The molecule has 1 aromatic rings. The Morgan fingerprint density at radius 2 is 2.11 bits per heavy atom. The first-order chi connectivity index (χ1) is 8.88. The van der Waals surface area contributed by atoms with Gasteiger partial charge in [0.25, 0.3) is 0 Å². The molecule has 0 spiro atoms. The van der Waals surface area contributed by atoms with Gasteiger partial charge in [0, 0.05) is 32.6 Å². The lowest BCUT2D eigenvalue weighted by Crippen LogP contribution is -2.43. The van der Waals surface area contributed by atoms with Crippen LogP contribution in [0, 0.1) is 11.8 Å². The fourth-order valence-corrected chi connectivity index (χ4v) is 1.98. The van der Waals surface area contributed by atoms with Gasteiger partial charge in [0.15, 0.2) is 0 Å². The van der Waals surface area contributed by atoms with Crippen molar-refractivity contribution < 1.29 is 4.74 Å². The number of ether oxygens (including phenoxy) is 1. The first-order valence-electron chi connectivity index (χ1n) is 6.40. The number of hydrogen-bond acceptors (Lipinski definition) is 3. The zero-order valence-corrected chi connectivity index (χ0v) is 10.9. The second-order valence-corrected chi connectivity index (χ2v) is 4.41. The van der Waals surface area contributed by atoms with Crippen molar-refractivity contribution in [3.8, 4) is 17.6 Å². The molecule has 1 fully saturated rings. The number of hydrogen-bond donors (Lipinski definition) is 1. The summed E-state index contributed by atoms with van der Waals surface area (Å²) in [6.45, 7) is 5.25. The van der Waals surface area contributed by atoms with Crippen LogP contribution in [-0.2, 0) is 6.42 Å². The Labute approximate surface area is 109 Å². The molecule has 0 radical (unpaired) electrons. The second kappa shape index (κ2) is 7.05. The highest BCUT2D eigenvalue weighted by Gasteiger charge is 2.06. The Hall–Kier alpha value is -1.50. The lowest BCUT2D eigenvalue weighted by molar-refractivity contribution is 0.268. The van der Waals surface area contributed by atoms with Gasteiger partial charge in [-0.25, -0.2) is 0 Å². The van der Waals surface area contributed by atoms with Crippen molar-refractivity contribution in [2.45, 2.75) is 6.42 Å². The highest BCUT2D eigenvalue weighted by Crippen LogP contribution is 2.12. The molecule has 0 unspecified atom stereocenters. The molecule has 1 N–H and O–H groups in total. The third kappa shape index (κ3) is 4.06. The first-order valence-corrected chi connectivity index (χ1v) is 6.40. The fourth-order valence-electron chi connectivity index (χ4n) is 1.98. The Bertz CT molecular complexity index is 428. The van der Waals surface area contributed by atoms with E-state index in [0.29, 0.717) is 0 Å². The molecule has 0 aliphatic carbocycles. The minimum atomic E-state index is 0.795. The number of rotatable bonds is 3. The molecule has 0 aromatic heterocycles. The largest absolute Gasteiger partial charge is 0.497 e. The van der Waals surface area contributed by atoms with Gasteiger partial charge in [-0.05, 0) is 17.7 Å². The Kier molecular flexibility index (Phi) is 5.07. The number of piperazine rings is 1. The zero-order valence-electron chi connectivity index (χ0n) is 10.9. The molecule has 1 heterocycles. The van der Waals surface area contributed by atoms with E-state index in [0.717, 1.165) is 44.9 Å². The van der Waals surface area contributed by atoms with Gasteiger partial charge in [-0.15, -0.1) is 0 Å². The minimum Gasteiger partial charge on any atom is -0.497 e. The van der Waals surface area contributed by atoms with Crippen LogP contribution < -0.4 is 10.1 Å². The van der Waals surface area contributed by atoms with E-state index in [-0.39, 0.29) is 0 Å². The summed E-state index contributed by atoms with van der Waals surface area (Å²) in [5.41, 5.74) is 1.21. The molecule has 2 rings (SSSR count). The van der Waals surface area contributed by atoms with Crippen molar-refractivity contribution >= 4 is 0 Å². The maximum atomic E-state index is 5.19. The molecule has 3 heteroatoms. The van der Waals surface area contributed by atoms with Crippen LogP contribution in [0.2, 0.25) is 0 Å². The minimum absolute atomic E-state index is 0.795. The van der Waals surface area contributed by atoms with Crippen LogP contribution in [0.15, 0.2) is 24.3 Å². The van der Waals surface area contributed by atoms with Crippen molar-refractivity contribution in [2.75, 3.05) is 39.8 Å². The SMILES string of the molecule is COc1cccc(CC#CCN2CCNCC2)c1. The van der Waals surface area contributed by atoms with Gasteiger partial charge >= 0.3 is 0 Å². The normalized spacial score (nSPS) is 15.8. The Morgan fingerprint density at radius 3 is 2.89 bits per heavy atom. The fraction of sp³-hybridized carbons (Fsp3) is 0.467. The van der Waals surface area contributed by atoms with Gasteiger partial charge in [-0.1, -0.05) is 24.0 Å². The molecule has 1 aliphatic rings. The van der Waals surface area contributed by atoms with Crippen LogP contribution >= 0.6 is 0 Å². The van der Waals surface area contributed by atoms with E-state index in [1.807, 2.05) is 18.2 Å². The van der Waals surface area contributed by atoms with Crippen molar-refractivity contribution in [3.63, 3.8) is 0 Å². The van der Waals surface area contributed by atoms with Crippen LogP contribution in [-0.4, -0.2) is 44.7 Å². The number of nitrogens with zero attached hydrogens (tertiary/aromatic N) is 1. The van der Waals surface area contributed by atoms with Crippen LogP contribution in [0.4, 0.5) is 0 Å². The van der Waals surface area contributed by atoms with E-state index in [1.165, 1.54) is 5.56 Å². The third-order valence-electron chi connectivity index (χ3n) is 3.06. The number of nitrogens with one attached hydrogen (secondary N) is 1. The van der Waals surface area contributed by atoms with Crippen LogP contribution in [0.3, 0.4) is 0 Å². The van der Waals surface area contributed by atoms with E-state index < -0.39 is 0 Å². The first kappa shape index (κ1) is 12.9. The molecule has 0 atom stereocenters. The van der Waals surface area contributed by atoms with E-state index in [9.17, 15) is 0 Å². The summed E-state index contributed by atoms with van der Waals surface area (Å²) in [6, 6.07) is 8.09. The van der Waals surface area contributed by atoms with Crippen molar-refractivity contribution in [2.24, 2.45) is 0 Å². The second-order valence-electron chi connectivity index (χ2n) is 4.41. The van der Waals surface area contributed by atoms with Crippen LogP contribution in [0.1, 0.15) is 5.56 Å². The lowest BCUT2D eigenvalue weighted by Gasteiger charge is -2.24. The summed E-state index contributed by atoms with van der Waals surface area (Å²) < 4.78 is 5.19. The molecule has 1 aromatic carbocycles. The predicted octanol–water partition coefficient (Wildman–Crippen LogP) is 1.15. The average Bonchev–Trinajstić information content (AvgIpc) is 2.45. The standard InChI is InChI=1S/C15H20N2O/c1-18-15-7-4-6-14(13-15)5-2-3-10-17-11-8-16-9-12-17/h4,6-7,13,16H,5,8-12H2,1H3. The van der Waals surface area contributed by atoms with Gasteiger partial charge in [-0.3, -0.25) is 4.90 Å². The molecule has 18 heavy (non-hydrogen) atoms. The summed E-state index contributed by atoms with van der Waals surface area (Å²) in [5.74, 6) is 7.38. The van der Waals surface area contributed by atoms with Crippen LogP contribution in [0.25, 0.3) is 0 Å². The molecule has 0 amide bonds. The van der Waals surface area contributed by atoms with Gasteiger partial charge in [0.05, 0.1) is 13.7 Å². The number of methoxy groups -OCH3 is 1. The third-order valence-corrected chi connectivity index (χ3v) is 3.06. The number of benzene rings is 1. The van der Waals surface area contributed by atoms with Gasteiger partial charge in [0.2, 0.25) is 0 Å². The highest BCUT2D eigenvalue weighted by molar-refractivity contribution is 5.30. The van der Waals surface area contributed by atoms with E-state index in [4.69, 9.17) is 4.74 Å². The molecule has 0 bridgehead atoms. The topological polar surface area (TPSA) is 24.5 Å². The van der Waals surface area contributed by atoms with Crippen molar-refractivity contribution in [1.82, 2.24) is 10.2 Å². The monoisotopic (exact) mass is 244 g/mol. The molecule has 3 nitrogen and oxygen atoms in total. The van der Waals surface area contributed by atoms with Crippen LogP contribution in [0.5, 0.6) is 5.75 Å². The Balaban J connectivity index is 1.79. The van der Waals surface area contributed by atoms with E-state index in [1.54, 1.807) is 7.11 Å². The Morgan fingerprint density at radius 1 is 1.28 bits per heavy atom. The quantitative estimate of drug-likeness (QED) is 0.807. The molecule has 0 saturated carbocycles. The summed E-state index contributed by atoms with van der Waals surface area (Å²) in [7, 11) is 1.69. The van der Waals surface area contributed by atoms with Gasteiger partial charge in [-0.2, -0.15) is 0 Å². The zero-order chi connectivity index (χ0) is 12.6. The summed E-state index contributed by atoms with van der Waals surface area (Å²) >= 11 is 0. The molecule has 96 valence electrons. The summed E-state index contributed by atoms with van der Waals surface area (Å²) in [6.07, 6.45) is 0.795.